The van der Waals surface area contributed by atoms with Crippen molar-refractivity contribution in [3.05, 3.63) is 71.3 Å². The first kappa shape index (κ1) is 34.4. The Morgan fingerprint density at radius 1 is 0.841 bits per heavy atom. The summed E-state index contributed by atoms with van der Waals surface area (Å²) >= 11 is 0. The summed E-state index contributed by atoms with van der Waals surface area (Å²) in [5.74, 6) is -6.53. The van der Waals surface area contributed by atoms with E-state index in [-0.39, 0.29) is 49.3 Å². The van der Waals surface area contributed by atoms with Crippen LogP contribution in [0.15, 0.2) is 54.6 Å². The summed E-state index contributed by atoms with van der Waals surface area (Å²) in [6.45, 7) is 3.24. The SMILES string of the molecule is CC(C)C[C@@H](C(=O)N[C@@H](Cc1ccccc1)C(=O)NCCCCS(=O)(=O)O)C(CN1C(=O)c2ccccc2C1=O)C(=O)NO. The van der Waals surface area contributed by atoms with Crippen LogP contribution in [0, 0.1) is 17.8 Å². The first-order chi connectivity index (χ1) is 20.8. The highest BCUT2D eigenvalue weighted by Gasteiger charge is 2.42. The van der Waals surface area contributed by atoms with Gasteiger partial charge in [-0.3, -0.25) is 38.6 Å². The lowest BCUT2D eigenvalue weighted by atomic mass is 9.83. The largest absolute Gasteiger partial charge is 0.354 e. The molecular formula is C30H38N4O9S. The van der Waals surface area contributed by atoms with E-state index >= 15 is 0 Å². The van der Waals surface area contributed by atoms with Crippen LogP contribution in [0.3, 0.4) is 0 Å². The fourth-order valence-corrected chi connectivity index (χ4v) is 5.69. The number of hydrogen-bond donors (Lipinski definition) is 5. The van der Waals surface area contributed by atoms with E-state index in [0.717, 1.165) is 10.5 Å². The van der Waals surface area contributed by atoms with E-state index in [9.17, 15) is 37.6 Å². The highest BCUT2D eigenvalue weighted by molar-refractivity contribution is 7.85. The Hall–Kier alpha value is -4.14. The van der Waals surface area contributed by atoms with Crippen LogP contribution in [0.4, 0.5) is 0 Å². The van der Waals surface area contributed by atoms with Crippen LogP contribution in [0.1, 0.15) is 59.4 Å². The van der Waals surface area contributed by atoms with Gasteiger partial charge in [-0.05, 0) is 42.9 Å². The van der Waals surface area contributed by atoms with Crippen molar-refractivity contribution in [2.24, 2.45) is 17.8 Å². The lowest BCUT2D eigenvalue weighted by Gasteiger charge is -2.30. The molecule has 2 aromatic rings. The minimum atomic E-state index is -4.13. The molecule has 13 nitrogen and oxygen atoms in total. The molecule has 5 N–H and O–H groups in total. The number of hydroxylamine groups is 1. The van der Waals surface area contributed by atoms with E-state index in [1.54, 1.807) is 47.9 Å². The third-order valence-electron chi connectivity index (χ3n) is 7.30. The third kappa shape index (κ3) is 9.43. The molecule has 14 heteroatoms. The van der Waals surface area contributed by atoms with Crippen LogP contribution in [-0.2, 0) is 30.9 Å². The molecule has 1 heterocycles. The molecule has 1 aliphatic heterocycles. The zero-order valence-electron chi connectivity index (χ0n) is 24.6. The van der Waals surface area contributed by atoms with Gasteiger partial charge in [-0.15, -0.1) is 0 Å². The lowest BCUT2D eigenvalue weighted by molar-refractivity contribution is -0.142. The Balaban J connectivity index is 1.83. The highest BCUT2D eigenvalue weighted by atomic mass is 32.2. The Labute approximate surface area is 256 Å². The molecule has 2 aromatic carbocycles. The zero-order chi connectivity index (χ0) is 32.4. The van der Waals surface area contributed by atoms with Gasteiger partial charge in [0.25, 0.3) is 21.9 Å². The number of nitrogens with one attached hydrogen (secondary N) is 3. The predicted molar refractivity (Wildman–Crippen MR) is 159 cm³/mol. The van der Waals surface area contributed by atoms with Crippen LogP contribution in [-0.4, -0.2) is 77.5 Å². The van der Waals surface area contributed by atoms with Crippen LogP contribution in [0.25, 0.3) is 0 Å². The number of unbranched alkanes of at least 4 members (excludes halogenated alkanes) is 1. The molecule has 238 valence electrons. The van der Waals surface area contributed by atoms with Gasteiger partial charge in [0.05, 0.1) is 28.7 Å². The number of carbonyl (C=O) groups is 5. The van der Waals surface area contributed by atoms with E-state index in [4.69, 9.17) is 4.55 Å². The second-order valence-corrected chi connectivity index (χ2v) is 12.7. The smallest absolute Gasteiger partial charge is 0.264 e. The van der Waals surface area contributed by atoms with E-state index < -0.39 is 69.8 Å². The first-order valence-corrected chi connectivity index (χ1v) is 15.9. The van der Waals surface area contributed by atoms with Crippen molar-refractivity contribution in [2.75, 3.05) is 18.8 Å². The molecule has 0 fully saturated rings. The fraction of sp³-hybridized carbons (Fsp3) is 0.433. The maximum Gasteiger partial charge on any atom is 0.264 e. The second-order valence-electron chi connectivity index (χ2n) is 11.1. The molecular weight excluding hydrogens is 592 g/mol. The van der Waals surface area contributed by atoms with Gasteiger partial charge < -0.3 is 10.6 Å². The maximum atomic E-state index is 13.9. The van der Waals surface area contributed by atoms with E-state index in [2.05, 4.69) is 10.6 Å². The lowest BCUT2D eigenvalue weighted by Crippen LogP contribution is -2.53. The number of rotatable bonds is 16. The molecule has 3 atom stereocenters. The quantitative estimate of drug-likeness (QED) is 0.0601. The third-order valence-corrected chi connectivity index (χ3v) is 8.10. The number of fused-ring (bicyclic) bond motifs is 1. The van der Waals surface area contributed by atoms with Gasteiger partial charge in [0.1, 0.15) is 6.04 Å². The average molecular weight is 631 g/mol. The van der Waals surface area contributed by atoms with Crippen molar-refractivity contribution in [1.82, 2.24) is 21.0 Å². The Kier molecular flexibility index (Phi) is 12.1. The standard InChI is InChI=1S/C30H38N4O9S/c1-19(2)16-23(24(27(36)33-40)18-34-29(38)21-12-6-7-13-22(21)30(34)39)26(35)32-25(17-20-10-4-3-5-11-20)28(37)31-14-8-9-15-44(41,42)43/h3-7,10-13,19,23-25,40H,8-9,14-18H2,1-2H3,(H,31,37)(H,32,35)(H,33,36)(H,41,42,43)/t23-,24?,25+/m1/s1. The molecule has 0 aromatic heterocycles. The Bertz CT molecular complexity index is 1430. The van der Waals surface area contributed by atoms with Gasteiger partial charge in [-0.2, -0.15) is 8.42 Å². The average Bonchev–Trinajstić information content (AvgIpc) is 3.22. The molecule has 1 aliphatic rings. The molecule has 0 spiro atoms. The molecule has 0 bridgehead atoms. The molecule has 5 amide bonds. The summed E-state index contributed by atoms with van der Waals surface area (Å²) in [5, 5.41) is 15.0. The van der Waals surface area contributed by atoms with Gasteiger partial charge >= 0.3 is 0 Å². The van der Waals surface area contributed by atoms with Gasteiger partial charge in [-0.25, -0.2) is 5.48 Å². The van der Waals surface area contributed by atoms with Crippen molar-refractivity contribution in [3.8, 4) is 0 Å². The minimum Gasteiger partial charge on any atom is -0.354 e. The van der Waals surface area contributed by atoms with Crippen molar-refractivity contribution in [2.45, 2.75) is 45.6 Å². The summed E-state index contributed by atoms with van der Waals surface area (Å²) < 4.78 is 30.8. The topological polar surface area (TPSA) is 199 Å². The Morgan fingerprint density at radius 3 is 1.98 bits per heavy atom. The highest BCUT2D eigenvalue weighted by Crippen LogP contribution is 2.28. The van der Waals surface area contributed by atoms with Gasteiger partial charge in [0.2, 0.25) is 17.7 Å². The molecule has 0 aliphatic carbocycles. The first-order valence-electron chi connectivity index (χ1n) is 14.3. The Morgan fingerprint density at radius 2 is 1.43 bits per heavy atom. The van der Waals surface area contributed by atoms with Crippen LogP contribution < -0.4 is 16.1 Å². The van der Waals surface area contributed by atoms with E-state index in [1.165, 1.54) is 12.1 Å². The molecule has 0 saturated heterocycles. The molecule has 0 radical (unpaired) electrons. The summed E-state index contributed by atoms with van der Waals surface area (Å²) in [4.78, 5) is 67.0. The molecule has 3 rings (SSSR count). The van der Waals surface area contributed by atoms with Crippen molar-refractivity contribution in [3.63, 3.8) is 0 Å². The zero-order valence-corrected chi connectivity index (χ0v) is 25.4. The molecule has 0 saturated carbocycles. The number of benzene rings is 2. The number of hydrogen-bond acceptors (Lipinski definition) is 8. The molecule has 1 unspecified atom stereocenters. The van der Waals surface area contributed by atoms with Gasteiger partial charge in [-0.1, -0.05) is 56.3 Å². The van der Waals surface area contributed by atoms with Gasteiger partial charge in [0.15, 0.2) is 0 Å². The number of amides is 5. The van der Waals surface area contributed by atoms with Crippen molar-refractivity contribution >= 4 is 39.7 Å². The summed E-state index contributed by atoms with van der Waals surface area (Å²) in [6, 6.07) is 14.0. The van der Waals surface area contributed by atoms with Crippen LogP contribution in [0.2, 0.25) is 0 Å². The number of carbonyl (C=O) groups excluding carboxylic acids is 5. The van der Waals surface area contributed by atoms with Gasteiger partial charge in [0, 0.05) is 19.5 Å². The summed E-state index contributed by atoms with van der Waals surface area (Å²) in [6.07, 6.45) is 0.586. The predicted octanol–water partition coefficient (Wildman–Crippen LogP) is 1.58. The monoisotopic (exact) mass is 630 g/mol. The normalized spacial score (nSPS) is 15.0. The summed E-state index contributed by atoms with van der Waals surface area (Å²) in [7, 11) is -4.13. The van der Waals surface area contributed by atoms with Crippen LogP contribution in [0.5, 0.6) is 0 Å². The summed E-state index contributed by atoms with van der Waals surface area (Å²) in [5.41, 5.74) is 2.63. The second kappa shape index (κ2) is 15.5. The molecule has 44 heavy (non-hydrogen) atoms. The van der Waals surface area contributed by atoms with Crippen molar-refractivity contribution in [1.29, 1.82) is 0 Å². The number of nitrogens with zero attached hydrogens (tertiary/aromatic N) is 1. The fourth-order valence-electron chi connectivity index (χ4n) is 5.12. The van der Waals surface area contributed by atoms with E-state index in [1.807, 2.05) is 13.8 Å². The van der Waals surface area contributed by atoms with Crippen molar-refractivity contribution < 1.29 is 42.2 Å². The van der Waals surface area contributed by atoms with Crippen LogP contribution >= 0.6 is 0 Å². The van der Waals surface area contributed by atoms with E-state index in [0.29, 0.717) is 0 Å². The minimum absolute atomic E-state index is 0.0836. The number of imide groups is 1. The maximum absolute atomic E-state index is 13.9.